The number of nitrogens with zero attached hydrogens (tertiary/aromatic N) is 1. The molecule has 2 N–H and O–H groups in total. The molecule has 1 amide bonds. The number of ether oxygens (including phenoxy) is 1. The minimum Gasteiger partial charge on any atom is -0.475 e. The minimum absolute atomic E-state index is 0. The Bertz CT molecular complexity index is 691. The molecule has 6 heteroatoms. The SMILES string of the molecule is Cl.NC1CCN(C(=O)C(Oc2ccccc2Br)c2ccccc2)CC1. The highest BCUT2D eigenvalue weighted by atomic mass is 79.9. The van der Waals surface area contributed by atoms with Gasteiger partial charge in [0, 0.05) is 24.7 Å². The smallest absolute Gasteiger partial charge is 0.268 e. The second kappa shape index (κ2) is 9.22. The van der Waals surface area contributed by atoms with Crippen molar-refractivity contribution in [3.05, 3.63) is 64.6 Å². The third kappa shape index (κ3) is 4.97. The average Bonchev–Trinajstić information content (AvgIpc) is 2.62. The number of carbonyl (C=O) groups is 1. The molecular formula is C19H22BrClN2O2. The number of nitrogens with two attached hydrogens (primary N) is 1. The van der Waals surface area contributed by atoms with E-state index in [2.05, 4.69) is 15.9 Å². The molecule has 1 unspecified atom stereocenters. The van der Waals surface area contributed by atoms with E-state index in [4.69, 9.17) is 10.5 Å². The van der Waals surface area contributed by atoms with Crippen molar-refractivity contribution < 1.29 is 9.53 Å². The third-order valence-corrected chi connectivity index (χ3v) is 4.91. The van der Waals surface area contributed by atoms with Gasteiger partial charge in [-0.25, -0.2) is 0 Å². The number of amides is 1. The summed E-state index contributed by atoms with van der Waals surface area (Å²) in [5.41, 5.74) is 6.81. The van der Waals surface area contributed by atoms with Crippen molar-refractivity contribution in [2.75, 3.05) is 13.1 Å². The van der Waals surface area contributed by atoms with Crippen LogP contribution in [0.25, 0.3) is 0 Å². The van der Waals surface area contributed by atoms with Gasteiger partial charge in [-0.15, -0.1) is 12.4 Å². The first-order chi connectivity index (χ1) is 11.6. The summed E-state index contributed by atoms with van der Waals surface area (Å²) in [4.78, 5) is 14.9. The van der Waals surface area contributed by atoms with Crippen molar-refractivity contribution in [1.29, 1.82) is 0 Å². The number of benzene rings is 2. The number of hydrogen-bond donors (Lipinski definition) is 1. The van der Waals surface area contributed by atoms with Gasteiger partial charge in [0.25, 0.3) is 5.91 Å². The van der Waals surface area contributed by atoms with Gasteiger partial charge in [0.1, 0.15) is 5.75 Å². The predicted molar refractivity (Wildman–Crippen MR) is 105 cm³/mol. The van der Waals surface area contributed by atoms with Crippen molar-refractivity contribution in [1.82, 2.24) is 4.90 Å². The Morgan fingerprint density at radius 2 is 1.68 bits per heavy atom. The van der Waals surface area contributed by atoms with Crippen molar-refractivity contribution in [3.8, 4) is 5.75 Å². The van der Waals surface area contributed by atoms with E-state index in [0.717, 1.165) is 22.9 Å². The van der Waals surface area contributed by atoms with E-state index in [1.165, 1.54) is 0 Å². The molecule has 3 rings (SSSR count). The Labute approximate surface area is 162 Å². The van der Waals surface area contributed by atoms with E-state index in [-0.39, 0.29) is 24.4 Å². The Balaban J connectivity index is 0.00000225. The lowest BCUT2D eigenvalue weighted by Gasteiger charge is -2.33. The number of piperidine rings is 1. The summed E-state index contributed by atoms with van der Waals surface area (Å²) in [5.74, 6) is 0.650. The van der Waals surface area contributed by atoms with E-state index >= 15 is 0 Å². The number of rotatable bonds is 4. The average molecular weight is 426 g/mol. The van der Waals surface area contributed by atoms with Crippen LogP contribution in [-0.2, 0) is 4.79 Å². The van der Waals surface area contributed by atoms with Crippen molar-refractivity contribution in [3.63, 3.8) is 0 Å². The zero-order valence-electron chi connectivity index (χ0n) is 13.8. The van der Waals surface area contributed by atoms with Gasteiger partial charge < -0.3 is 15.4 Å². The summed E-state index contributed by atoms with van der Waals surface area (Å²) in [5, 5.41) is 0. The fourth-order valence-electron chi connectivity index (χ4n) is 2.84. The van der Waals surface area contributed by atoms with Gasteiger partial charge in [0.2, 0.25) is 6.10 Å². The van der Waals surface area contributed by atoms with Gasteiger partial charge in [-0.3, -0.25) is 4.79 Å². The first-order valence-electron chi connectivity index (χ1n) is 8.15. The monoisotopic (exact) mass is 424 g/mol. The maximum Gasteiger partial charge on any atom is 0.268 e. The maximum absolute atomic E-state index is 13.1. The van der Waals surface area contributed by atoms with E-state index in [9.17, 15) is 4.79 Å². The fraction of sp³-hybridized carbons (Fsp3) is 0.316. The van der Waals surface area contributed by atoms with E-state index in [1.807, 2.05) is 59.5 Å². The second-order valence-corrected chi connectivity index (χ2v) is 6.86. The highest BCUT2D eigenvalue weighted by Crippen LogP contribution is 2.30. The maximum atomic E-state index is 13.1. The molecule has 25 heavy (non-hydrogen) atoms. The van der Waals surface area contributed by atoms with Gasteiger partial charge in [0.05, 0.1) is 4.47 Å². The molecule has 4 nitrogen and oxygen atoms in total. The molecule has 0 radical (unpaired) electrons. The van der Waals surface area contributed by atoms with Gasteiger partial charge in [-0.05, 0) is 40.9 Å². The predicted octanol–water partition coefficient (Wildman–Crippen LogP) is 3.94. The molecule has 1 aliphatic heterocycles. The van der Waals surface area contributed by atoms with Crippen molar-refractivity contribution in [2.45, 2.75) is 25.0 Å². The number of hydrogen-bond acceptors (Lipinski definition) is 3. The number of para-hydroxylation sites is 1. The highest BCUT2D eigenvalue weighted by molar-refractivity contribution is 9.10. The molecule has 0 saturated carbocycles. The molecule has 1 aliphatic rings. The van der Waals surface area contributed by atoms with Crippen LogP contribution in [-0.4, -0.2) is 29.9 Å². The summed E-state index contributed by atoms with van der Waals surface area (Å²) in [6, 6.07) is 17.4. The number of likely N-dealkylation sites (tertiary alicyclic amines) is 1. The van der Waals surface area contributed by atoms with Gasteiger partial charge in [0.15, 0.2) is 0 Å². The zero-order chi connectivity index (χ0) is 16.9. The summed E-state index contributed by atoms with van der Waals surface area (Å²) in [6.45, 7) is 1.37. The van der Waals surface area contributed by atoms with Crippen LogP contribution in [0, 0.1) is 0 Å². The van der Waals surface area contributed by atoms with Crippen LogP contribution in [0.1, 0.15) is 24.5 Å². The third-order valence-electron chi connectivity index (χ3n) is 4.26. The Morgan fingerprint density at radius 3 is 2.32 bits per heavy atom. The molecule has 1 saturated heterocycles. The summed E-state index contributed by atoms with van der Waals surface area (Å²) in [6.07, 6.45) is 1.02. The Morgan fingerprint density at radius 1 is 1.08 bits per heavy atom. The molecular weight excluding hydrogens is 404 g/mol. The lowest BCUT2D eigenvalue weighted by atomic mass is 10.0. The summed E-state index contributed by atoms with van der Waals surface area (Å²) in [7, 11) is 0. The minimum atomic E-state index is -0.653. The van der Waals surface area contributed by atoms with Crippen LogP contribution in [0.4, 0.5) is 0 Å². The zero-order valence-corrected chi connectivity index (χ0v) is 16.2. The van der Waals surface area contributed by atoms with Crippen LogP contribution in [0.15, 0.2) is 59.1 Å². The molecule has 2 aromatic rings. The molecule has 1 fully saturated rings. The standard InChI is InChI=1S/C19H21BrN2O2.ClH/c20-16-8-4-5-9-17(16)24-18(14-6-2-1-3-7-14)19(23)22-12-10-15(21)11-13-22;/h1-9,15,18H,10-13,21H2;1H. The number of carbonyl (C=O) groups excluding carboxylic acids is 1. The van der Waals surface area contributed by atoms with Crippen LogP contribution in [0.2, 0.25) is 0 Å². The molecule has 0 aliphatic carbocycles. The van der Waals surface area contributed by atoms with Crippen LogP contribution in [0.5, 0.6) is 5.75 Å². The van der Waals surface area contributed by atoms with Crippen molar-refractivity contribution in [2.24, 2.45) is 5.73 Å². The lowest BCUT2D eigenvalue weighted by molar-refractivity contribution is -0.140. The Kier molecular flexibility index (Phi) is 7.29. The first kappa shape index (κ1) is 19.8. The van der Waals surface area contributed by atoms with E-state index in [0.29, 0.717) is 18.8 Å². The fourth-order valence-corrected chi connectivity index (χ4v) is 3.22. The van der Waals surface area contributed by atoms with Crippen LogP contribution >= 0.6 is 28.3 Å². The Hall–Kier alpha value is -1.56. The largest absolute Gasteiger partial charge is 0.475 e. The topological polar surface area (TPSA) is 55.6 Å². The molecule has 134 valence electrons. The van der Waals surface area contributed by atoms with E-state index in [1.54, 1.807) is 0 Å². The molecule has 1 atom stereocenters. The van der Waals surface area contributed by atoms with Crippen LogP contribution < -0.4 is 10.5 Å². The summed E-state index contributed by atoms with van der Waals surface area (Å²) >= 11 is 3.48. The van der Waals surface area contributed by atoms with Crippen LogP contribution in [0.3, 0.4) is 0 Å². The quantitative estimate of drug-likeness (QED) is 0.807. The normalized spacial score (nSPS) is 16.0. The molecule has 0 bridgehead atoms. The van der Waals surface area contributed by atoms with Crippen molar-refractivity contribution >= 4 is 34.2 Å². The highest BCUT2D eigenvalue weighted by Gasteiger charge is 2.30. The second-order valence-electron chi connectivity index (χ2n) is 6.00. The van der Waals surface area contributed by atoms with Gasteiger partial charge in [-0.2, -0.15) is 0 Å². The first-order valence-corrected chi connectivity index (χ1v) is 8.95. The molecule has 0 aromatic heterocycles. The molecule has 2 aromatic carbocycles. The van der Waals surface area contributed by atoms with Gasteiger partial charge in [-0.1, -0.05) is 42.5 Å². The lowest BCUT2D eigenvalue weighted by Crippen LogP contribution is -2.45. The summed E-state index contributed by atoms with van der Waals surface area (Å²) < 4.78 is 6.94. The van der Waals surface area contributed by atoms with E-state index < -0.39 is 6.10 Å². The number of halogens is 2. The molecule has 0 spiro atoms. The molecule has 1 heterocycles. The van der Waals surface area contributed by atoms with Gasteiger partial charge >= 0.3 is 0 Å².